The molecule has 1 saturated heterocycles. The van der Waals surface area contributed by atoms with E-state index in [2.05, 4.69) is 25.8 Å². The van der Waals surface area contributed by atoms with Gasteiger partial charge in [-0.05, 0) is 24.3 Å². The molecule has 14 heteroatoms. The van der Waals surface area contributed by atoms with Gasteiger partial charge in [0.15, 0.2) is 0 Å². The summed E-state index contributed by atoms with van der Waals surface area (Å²) in [6.45, 7) is 1.73. The number of nitrogens with zero attached hydrogens (tertiary/aromatic N) is 5. The van der Waals surface area contributed by atoms with Crippen molar-refractivity contribution in [2.75, 3.05) is 48.0 Å². The van der Waals surface area contributed by atoms with E-state index in [1.165, 1.54) is 16.8 Å². The molecule has 0 radical (unpaired) electrons. The van der Waals surface area contributed by atoms with E-state index in [-0.39, 0.29) is 11.7 Å². The van der Waals surface area contributed by atoms with Crippen molar-refractivity contribution in [2.24, 2.45) is 0 Å². The van der Waals surface area contributed by atoms with E-state index < -0.39 is 33.5 Å². The topological polar surface area (TPSA) is 134 Å². The molecule has 1 fully saturated rings. The molecular weight excluding hydrogens is 460 g/mol. The van der Waals surface area contributed by atoms with E-state index in [0.717, 1.165) is 18.2 Å². The third-order valence-corrected chi connectivity index (χ3v) is 6.13. The van der Waals surface area contributed by atoms with Crippen LogP contribution in [0, 0.1) is 11.6 Å². The van der Waals surface area contributed by atoms with Gasteiger partial charge in [0.2, 0.25) is 10.0 Å². The van der Waals surface area contributed by atoms with E-state index in [9.17, 15) is 22.0 Å². The summed E-state index contributed by atoms with van der Waals surface area (Å²) in [5.41, 5.74) is 0.144. The molecular formula is C19H19F2N7O4S. The average molecular weight is 479 g/mol. The van der Waals surface area contributed by atoms with Crippen LogP contribution in [0.2, 0.25) is 0 Å². The Bertz CT molecular complexity index is 1260. The molecule has 1 aromatic carbocycles. The van der Waals surface area contributed by atoms with Crippen molar-refractivity contribution in [2.45, 2.75) is 0 Å². The van der Waals surface area contributed by atoms with Crippen molar-refractivity contribution in [3.63, 3.8) is 0 Å². The fourth-order valence-electron chi connectivity index (χ4n) is 3.15. The zero-order chi connectivity index (χ0) is 23.6. The highest BCUT2D eigenvalue weighted by molar-refractivity contribution is 7.88. The molecule has 2 aromatic heterocycles. The number of carbonyl (C=O) groups excluding carboxylic acids is 1. The van der Waals surface area contributed by atoms with Crippen LogP contribution in [-0.4, -0.2) is 66.2 Å². The highest BCUT2D eigenvalue weighted by Crippen LogP contribution is 2.21. The van der Waals surface area contributed by atoms with E-state index in [1.54, 1.807) is 12.1 Å². The maximum atomic E-state index is 13.7. The van der Waals surface area contributed by atoms with Gasteiger partial charge in [-0.2, -0.15) is 4.31 Å². The van der Waals surface area contributed by atoms with Gasteiger partial charge in [-0.1, -0.05) is 5.10 Å². The Labute approximate surface area is 187 Å². The van der Waals surface area contributed by atoms with Gasteiger partial charge in [0.25, 0.3) is 0 Å². The molecule has 3 heterocycles. The molecule has 11 nitrogen and oxygen atoms in total. The Kier molecular flexibility index (Phi) is 6.20. The average Bonchev–Trinajstić information content (AvgIpc) is 3.25. The summed E-state index contributed by atoms with van der Waals surface area (Å²) in [6.07, 6.45) is 2.62. The molecule has 0 unspecified atom stereocenters. The molecule has 4 rings (SSSR count). The third kappa shape index (κ3) is 5.40. The van der Waals surface area contributed by atoms with E-state index in [4.69, 9.17) is 4.42 Å². The first-order valence-electron chi connectivity index (χ1n) is 9.72. The Morgan fingerprint density at radius 1 is 1.09 bits per heavy atom. The van der Waals surface area contributed by atoms with Gasteiger partial charge in [-0.25, -0.2) is 22.2 Å². The number of nitrogens with one attached hydrogen (secondary N) is 2. The van der Waals surface area contributed by atoms with E-state index in [0.29, 0.717) is 37.7 Å². The maximum absolute atomic E-state index is 13.7. The number of sulfonamides is 1. The van der Waals surface area contributed by atoms with Crippen LogP contribution in [0.25, 0.3) is 0 Å². The van der Waals surface area contributed by atoms with Gasteiger partial charge in [-0.15, -0.1) is 5.10 Å². The first-order chi connectivity index (χ1) is 15.7. The van der Waals surface area contributed by atoms with Gasteiger partial charge in [0, 0.05) is 32.2 Å². The number of piperazine rings is 1. The molecule has 0 atom stereocenters. The van der Waals surface area contributed by atoms with E-state index in [1.807, 2.05) is 4.90 Å². The lowest BCUT2D eigenvalue weighted by molar-refractivity contribution is 0.0991. The second-order valence-corrected chi connectivity index (χ2v) is 9.15. The summed E-state index contributed by atoms with van der Waals surface area (Å²) < 4.78 is 56.8. The van der Waals surface area contributed by atoms with Gasteiger partial charge < -0.3 is 20.0 Å². The molecule has 1 aliphatic rings. The number of halogens is 2. The Morgan fingerprint density at radius 2 is 1.85 bits per heavy atom. The molecule has 1 amide bonds. The number of rotatable bonds is 6. The molecule has 2 N–H and O–H groups in total. The van der Waals surface area contributed by atoms with Crippen LogP contribution in [0.5, 0.6) is 0 Å². The lowest BCUT2D eigenvalue weighted by atomic mass is 10.3. The normalized spacial score (nSPS) is 14.8. The smallest absolute Gasteiger partial charge is 0.320 e. The Morgan fingerprint density at radius 3 is 2.52 bits per heavy atom. The van der Waals surface area contributed by atoms with Crippen molar-refractivity contribution in [3.05, 3.63) is 54.1 Å². The molecule has 0 spiro atoms. The highest BCUT2D eigenvalue weighted by Gasteiger charge is 2.24. The fraction of sp³-hybridized carbons (Fsp3) is 0.263. The van der Waals surface area contributed by atoms with Crippen molar-refractivity contribution in [1.29, 1.82) is 0 Å². The quantitative estimate of drug-likeness (QED) is 0.543. The zero-order valence-electron chi connectivity index (χ0n) is 17.3. The van der Waals surface area contributed by atoms with Crippen LogP contribution in [0.3, 0.4) is 0 Å². The van der Waals surface area contributed by atoms with Gasteiger partial charge in [0.1, 0.15) is 17.5 Å². The molecule has 1 aliphatic heterocycles. The number of amides is 1. The van der Waals surface area contributed by atoms with Crippen molar-refractivity contribution < 1.29 is 26.4 Å². The third-order valence-electron chi connectivity index (χ3n) is 4.83. The van der Waals surface area contributed by atoms with E-state index >= 15 is 0 Å². The zero-order valence-corrected chi connectivity index (χ0v) is 18.1. The van der Waals surface area contributed by atoms with Gasteiger partial charge in [0.05, 0.1) is 23.8 Å². The number of aromatic nitrogens is 3. The van der Waals surface area contributed by atoms with Crippen LogP contribution in [0.15, 0.2) is 40.9 Å². The Balaban J connectivity index is 1.35. The number of hydrogen-bond donors (Lipinski definition) is 2. The van der Waals surface area contributed by atoms with Crippen molar-refractivity contribution in [1.82, 2.24) is 19.5 Å². The van der Waals surface area contributed by atoms with Gasteiger partial charge in [-0.3, -0.25) is 4.79 Å². The largest absolute Gasteiger partial charge is 0.399 e. The summed E-state index contributed by atoms with van der Waals surface area (Å²) in [4.78, 5) is 18.6. The summed E-state index contributed by atoms with van der Waals surface area (Å²) in [5.74, 6) is -1.86. The predicted molar refractivity (Wildman–Crippen MR) is 115 cm³/mol. The maximum Gasteiger partial charge on any atom is 0.320 e. The minimum absolute atomic E-state index is 0.220. The van der Waals surface area contributed by atoms with Crippen molar-refractivity contribution >= 4 is 39.1 Å². The molecule has 33 heavy (non-hydrogen) atoms. The summed E-state index contributed by atoms with van der Waals surface area (Å²) in [6, 6.07) is 5.84. The fourth-order valence-corrected chi connectivity index (χ4v) is 3.98. The standard InChI is InChI=1S/C19H19F2N7O4S/c1-33(30,31)28-8-6-27(7-9-28)16-5-3-13(11-22-16)23-17(29)18-25-26-19(32-18)24-15-10-12(20)2-4-14(15)21/h2-5,10-11H,6-9H2,1H3,(H,23,29)(H,24,26). The SMILES string of the molecule is CS(=O)(=O)N1CCN(c2ccc(NC(=O)c3nnc(Nc4cc(F)ccc4F)o3)cn2)CC1. The van der Waals surface area contributed by atoms with Crippen LogP contribution < -0.4 is 15.5 Å². The lowest BCUT2D eigenvalue weighted by Gasteiger charge is -2.33. The highest BCUT2D eigenvalue weighted by atomic mass is 32.2. The van der Waals surface area contributed by atoms with Crippen LogP contribution in [-0.2, 0) is 10.0 Å². The number of pyridine rings is 1. The number of benzene rings is 1. The van der Waals surface area contributed by atoms with Crippen LogP contribution in [0.1, 0.15) is 10.7 Å². The number of hydrogen-bond acceptors (Lipinski definition) is 9. The minimum Gasteiger partial charge on any atom is -0.399 e. The summed E-state index contributed by atoms with van der Waals surface area (Å²) in [5, 5.41) is 12.1. The second-order valence-electron chi connectivity index (χ2n) is 7.17. The van der Waals surface area contributed by atoms with Crippen LogP contribution in [0.4, 0.5) is 32.0 Å². The minimum atomic E-state index is -3.22. The van der Waals surface area contributed by atoms with Crippen molar-refractivity contribution in [3.8, 4) is 0 Å². The second kappa shape index (κ2) is 9.07. The number of carbonyl (C=O) groups is 1. The molecule has 174 valence electrons. The Hall–Kier alpha value is -3.65. The first-order valence-corrected chi connectivity index (χ1v) is 11.6. The first kappa shape index (κ1) is 22.5. The molecule has 0 bridgehead atoms. The predicted octanol–water partition coefficient (Wildman–Crippen LogP) is 1.82. The summed E-state index contributed by atoms with van der Waals surface area (Å²) >= 11 is 0. The lowest BCUT2D eigenvalue weighted by Crippen LogP contribution is -2.48. The number of anilines is 4. The van der Waals surface area contributed by atoms with Crippen LogP contribution >= 0.6 is 0 Å². The molecule has 0 aliphatic carbocycles. The van der Waals surface area contributed by atoms with Gasteiger partial charge >= 0.3 is 17.8 Å². The molecule has 3 aromatic rings. The monoisotopic (exact) mass is 479 g/mol. The summed E-state index contributed by atoms with van der Waals surface area (Å²) in [7, 11) is -3.22. The molecule has 0 saturated carbocycles.